The van der Waals surface area contributed by atoms with Crippen LogP contribution in [-0.4, -0.2) is 32.5 Å². The van der Waals surface area contributed by atoms with Crippen LogP contribution in [0.2, 0.25) is 0 Å². The molecule has 3 aromatic carbocycles. The number of benzene rings is 3. The van der Waals surface area contributed by atoms with Gasteiger partial charge in [-0.1, -0.05) is 51.1 Å². The fourth-order valence-corrected chi connectivity index (χ4v) is 5.21. The first-order valence-corrected chi connectivity index (χ1v) is 13.9. The van der Waals surface area contributed by atoms with Crippen LogP contribution >= 0.6 is 0 Å². The zero-order chi connectivity index (χ0) is 27.5. The van der Waals surface area contributed by atoms with Crippen LogP contribution in [0.25, 0.3) is 0 Å². The zero-order valence-electron chi connectivity index (χ0n) is 22.4. The third-order valence-electron chi connectivity index (χ3n) is 6.09. The summed E-state index contributed by atoms with van der Waals surface area (Å²) >= 11 is 0. The van der Waals surface area contributed by atoms with Gasteiger partial charge in [-0.2, -0.15) is 0 Å². The third kappa shape index (κ3) is 6.98. The lowest BCUT2D eigenvalue weighted by molar-refractivity contribution is -0.116. The largest absolute Gasteiger partial charge is 0.324 e. The Balaban J connectivity index is 1.77. The Kier molecular flexibility index (Phi) is 8.12. The summed E-state index contributed by atoms with van der Waals surface area (Å²) in [6, 6.07) is 18.7. The van der Waals surface area contributed by atoms with Gasteiger partial charge in [0.25, 0.3) is 5.91 Å². The first kappa shape index (κ1) is 27.9. The highest BCUT2D eigenvalue weighted by Crippen LogP contribution is 2.27. The first-order valence-electron chi connectivity index (χ1n) is 12.1. The van der Waals surface area contributed by atoms with Gasteiger partial charge in [0.15, 0.2) is 0 Å². The summed E-state index contributed by atoms with van der Waals surface area (Å²) < 4.78 is 26.5. The van der Waals surface area contributed by atoms with E-state index in [4.69, 9.17) is 0 Å². The summed E-state index contributed by atoms with van der Waals surface area (Å²) in [5.41, 5.74) is 4.68. The summed E-state index contributed by atoms with van der Waals surface area (Å²) in [7, 11) is -3.75. The molecular weight excluding hydrogens is 486 g/mol. The van der Waals surface area contributed by atoms with E-state index in [1.807, 2.05) is 31.2 Å². The van der Waals surface area contributed by atoms with Gasteiger partial charge in [0, 0.05) is 16.9 Å². The molecule has 7 nitrogen and oxygen atoms in total. The second-order valence-corrected chi connectivity index (χ2v) is 12.2. The maximum atomic E-state index is 13.1. The highest BCUT2D eigenvalue weighted by atomic mass is 32.2. The van der Waals surface area contributed by atoms with Gasteiger partial charge in [0.2, 0.25) is 15.9 Å². The van der Waals surface area contributed by atoms with E-state index in [2.05, 4.69) is 31.4 Å². The molecule has 0 radical (unpaired) electrons. The Bertz CT molecular complexity index is 1410. The quantitative estimate of drug-likeness (QED) is 0.420. The van der Waals surface area contributed by atoms with E-state index in [0.717, 1.165) is 27.3 Å². The topological polar surface area (TPSA) is 95.6 Å². The number of carbonyl (C=O) groups is 2. The van der Waals surface area contributed by atoms with Crippen molar-refractivity contribution in [1.82, 2.24) is 0 Å². The van der Waals surface area contributed by atoms with Crippen LogP contribution in [-0.2, 0) is 20.2 Å². The number of hydrogen-bond donors (Lipinski definition) is 2. The number of aryl methyl sites for hydroxylation is 2. The molecule has 8 heteroatoms. The predicted molar refractivity (Wildman–Crippen MR) is 151 cm³/mol. The molecule has 3 aromatic rings. The molecule has 0 aliphatic heterocycles. The van der Waals surface area contributed by atoms with Crippen LogP contribution in [0.1, 0.15) is 54.7 Å². The molecule has 0 aromatic heterocycles. The molecule has 3 rings (SSSR count). The second kappa shape index (κ2) is 10.8. The lowest BCUT2D eigenvalue weighted by Gasteiger charge is -2.29. The van der Waals surface area contributed by atoms with Crippen molar-refractivity contribution >= 4 is 38.9 Å². The number of nitrogens with zero attached hydrogens (tertiary/aromatic N) is 1. The van der Waals surface area contributed by atoms with E-state index in [9.17, 15) is 18.0 Å². The van der Waals surface area contributed by atoms with E-state index < -0.39 is 22.0 Å². The van der Waals surface area contributed by atoms with E-state index in [0.29, 0.717) is 22.6 Å². The normalized spacial score (nSPS) is 12.5. The Labute approximate surface area is 220 Å². The van der Waals surface area contributed by atoms with Gasteiger partial charge in [-0.15, -0.1) is 0 Å². The van der Waals surface area contributed by atoms with E-state index in [-0.39, 0.29) is 11.3 Å². The number of amides is 2. The molecule has 0 heterocycles. The van der Waals surface area contributed by atoms with Crippen molar-refractivity contribution in [3.63, 3.8) is 0 Å². The van der Waals surface area contributed by atoms with Gasteiger partial charge in [-0.05, 0) is 79.3 Å². The lowest BCUT2D eigenvalue weighted by atomic mass is 9.87. The molecule has 0 bridgehead atoms. The van der Waals surface area contributed by atoms with Gasteiger partial charge < -0.3 is 10.6 Å². The minimum absolute atomic E-state index is 0.0105. The summed E-state index contributed by atoms with van der Waals surface area (Å²) in [6.07, 6.45) is 1.09. The Morgan fingerprint density at radius 2 is 1.46 bits per heavy atom. The highest BCUT2D eigenvalue weighted by molar-refractivity contribution is 7.92. The molecule has 0 aliphatic rings. The molecule has 37 heavy (non-hydrogen) atoms. The summed E-state index contributed by atoms with van der Waals surface area (Å²) in [4.78, 5) is 25.9. The Hall–Kier alpha value is -3.65. The smallest absolute Gasteiger partial charge is 0.255 e. The second-order valence-electron chi connectivity index (χ2n) is 10.4. The third-order valence-corrected chi connectivity index (χ3v) is 7.32. The number of anilines is 3. The van der Waals surface area contributed by atoms with E-state index in [1.54, 1.807) is 56.3 Å². The average molecular weight is 522 g/mol. The van der Waals surface area contributed by atoms with Crippen LogP contribution in [0.15, 0.2) is 66.7 Å². The molecule has 2 N–H and O–H groups in total. The van der Waals surface area contributed by atoms with Crippen molar-refractivity contribution in [2.24, 2.45) is 0 Å². The average Bonchev–Trinajstić information content (AvgIpc) is 2.80. The summed E-state index contributed by atoms with van der Waals surface area (Å²) in [6.45, 7) is 11.6. The lowest BCUT2D eigenvalue weighted by Crippen LogP contribution is -2.45. The maximum absolute atomic E-state index is 13.1. The van der Waals surface area contributed by atoms with Crippen LogP contribution in [0.5, 0.6) is 0 Å². The molecule has 0 saturated heterocycles. The fourth-order valence-electron chi connectivity index (χ4n) is 3.98. The summed E-state index contributed by atoms with van der Waals surface area (Å²) in [5, 5.41) is 5.63. The van der Waals surface area contributed by atoms with Crippen LogP contribution in [0.3, 0.4) is 0 Å². The van der Waals surface area contributed by atoms with Gasteiger partial charge in [-0.3, -0.25) is 13.9 Å². The van der Waals surface area contributed by atoms with Gasteiger partial charge in [0.1, 0.15) is 6.04 Å². The monoisotopic (exact) mass is 521 g/mol. The molecule has 0 unspecified atom stereocenters. The molecule has 0 fully saturated rings. The van der Waals surface area contributed by atoms with E-state index in [1.165, 1.54) is 0 Å². The van der Waals surface area contributed by atoms with Crippen molar-refractivity contribution in [2.75, 3.05) is 21.2 Å². The molecule has 0 spiro atoms. The fraction of sp³-hybridized carbons (Fsp3) is 0.310. The standard InChI is InChI=1S/C29H35N3O4S/c1-19-11-12-20(2)26(17-19)32(37(7,35)36)21(3)27(33)30-24-9-8-10-25(18-24)31-28(34)22-13-15-23(16-14-22)29(4,5)6/h8-18,21H,1-7H3,(H,30,33)(H,31,34)/t21-/m1/s1. The maximum Gasteiger partial charge on any atom is 0.255 e. The molecule has 2 amide bonds. The number of rotatable bonds is 7. The van der Waals surface area contributed by atoms with Crippen molar-refractivity contribution in [1.29, 1.82) is 0 Å². The SMILES string of the molecule is Cc1ccc(C)c(N([C@H](C)C(=O)Nc2cccc(NC(=O)c3ccc(C(C)(C)C)cc3)c2)S(C)(=O)=O)c1. The van der Waals surface area contributed by atoms with Crippen molar-refractivity contribution in [2.45, 2.75) is 53.0 Å². The number of nitrogens with one attached hydrogen (secondary N) is 2. The Morgan fingerprint density at radius 1 is 0.865 bits per heavy atom. The molecule has 196 valence electrons. The van der Waals surface area contributed by atoms with Crippen molar-refractivity contribution in [3.05, 3.63) is 89.0 Å². The van der Waals surface area contributed by atoms with Gasteiger partial charge in [-0.25, -0.2) is 8.42 Å². The minimum atomic E-state index is -3.75. The highest BCUT2D eigenvalue weighted by Gasteiger charge is 2.30. The van der Waals surface area contributed by atoms with Crippen molar-refractivity contribution < 1.29 is 18.0 Å². The number of carbonyl (C=O) groups excluding carboxylic acids is 2. The minimum Gasteiger partial charge on any atom is -0.324 e. The molecular formula is C29H35N3O4S. The molecule has 0 saturated carbocycles. The van der Waals surface area contributed by atoms with Crippen LogP contribution in [0.4, 0.5) is 17.1 Å². The van der Waals surface area contributed by atoms with Crippen LogP contribution < -0.4 is 14.9 Å². The molecule has 1 atom stereocenters. The number of sulfonamides is 1. The summed E-state index contributed by atoms with van der Waals surface area (Å²) in [5.74, 6) is -0.761. The first-order chi connectivity index (χ1) is 17.2. The van der Waals surface area contributed by atoms with Gasteiger partial charge >= 0.3 is 0 Å². The van der Waals surface area contributed by atoms with Gasteiger partial charge in [0.05, 0.1) is 11.9 Å². The number of hydrogen-bond acceptors (Lipinski definition) is 4. The van der Waals surface area contributed by atoms with Crippen LogP contribution in [0, 0.1) is 13.8 Å². The van der Waals surface area contributed by atoms with Crippen molar-refractivity contribution in [3.8, 4) is 0 Å². The molecule has 0 aliphatic carbocycles. The van der Waals surface area contributed by atoms with E-state index >= 15 is 0 Å². The predicted octanol–water partition coefficient (Wildman–Crippen LogP) is 5.65. The zero-order valence-corrected chi connectivity index (χ0v) is 23.2. The Morgan fingerprint density at radius 3 is 2.03 bits per heavy atom.